The minimum Gasteiger partial charge on any atom is -0.301 e. The standard InChI is InChI=1S/C17H21ClN2S/c1-3-15-10-19-17(21-15)11(2)20-16(12-4-5-12)13-6-8-14(18)9-7-13/h6-12,16,20H,3-5H2,1-2H3. The molecule has 0 amide bonds. The van der Waals surface area contributed by atoms with E-state index >= 15 is 0 Å². The molecular formula is C17H21ClN2S. The molecule has 112 valence electrons. The van der Waals surface area contributed by atoms with Crippen LogP contribution in [0.15, 0.2) is 30.5 Å². The van der Waals surface area contributed by atoms with E-state index in [0.717, 1.165) is 17.4 Å². The van der Waals surface area contributed by atoms with Gasteiger partial charge in [-0.15, -0.1) is 11.3 Å². The molecule has 4 heteroatoms. The van der Waals surface area contributed by atoms with E-state index in [-0.39, 0.29) is 6.04 Å². The van der Waals surface area contributed by atoms with Gasteiger partial charge in [0.1, 0.15) is 5.01 Å². The van der Waals surface area contributed by atoms with Crippen LogP contribution in [0.5, 0.6) is 0 Å². The zero-order valence-corrected chi connectivity index (χ0v) is 14.0. The summed E-state index contributed by atoms with van der Waals surface area (Å²) in [7, 11) is 0. The van der Waals surface area contributed by atoms with Crippen LogP contribution in [0, 0.1) is 5.92 Å². The van der Waals surface area contributed by atoms with E-state index in [1.165, 1.54) is 28.3 Å². The van der Waals surface area contributed by atoms with Gasteiger partial charge in [0.15, 0.2) is 0 Å². The van der Waals surface area contributed by atoms with Gasteiger partial charge in [-0.3, -0.25) is 0 Å². The molecule has 2 nitrogen and oxygen atoms in total. The molecule has 0 aliphatic heterocycles. The van der Waals surface area contributed by atoms with Crippen LogP contribution in [0.4, 0.5) is 0 Å². The first-order valence-electron chi connectivity index (χ1n) is 7.63. The molecule has 0 saturated heterocycles. The number of nitrogens with one attached hydrogen (secondary N) is 1. The third-order valence-corrected chi connectivity index (χ3v) is 5.62. The van der Waals surface area contributed by atoms with Gasteiger partial charge in [-0.1, -0.05) is 30.7 Å². The number of aromatic nitrogens is 1. The Morgan fingerprint density at radius 2 is 2.05 bits per heavy atom. The molecule has 3 rings (SSSR count). The van der Waals surface area contributed by atoms with Crippen molar-refractivity contribution in [1.82, 2.24) is 10.3 Å². The summed E-state index contributed by atoms with van der Waals surface area (Å²) < 4.78 is 0. The minimum absolute atomic E-state index is 0.288. The summed E-state index contributed by atoms with van der Waals surface area (Å²) in [4.78, 5) is 5.92. The van der Waals surface area contributed by atoms with Crippen LogP contribution < -0.4 is 5.32 Å². The number of aryl methyl sites for hydroxylation is 1. The molecule has 1 aliphatic carbocycles. The normalized spacial score (nSPS) is 17.7. The maximum absolute atomic E-state index is 6.00. The second-order valence-corrected chi connectivity index (χ2v) is 7.36. The predicted molar refractivity (Wildman–Crippen MR) is 90.0 cm³/mol. The molecule has 1 saturated carbocycles. The Hall–Kier alpha value is -0.900. The van der Waals surface area contributed by atoms with Gasteiger partial charge in [0.2, 0.25) is 0 Å². The lowest BCUT2D eigenvalue weighted by molar-refractivity contribution is 0.426. The summed E-state index contributed by atoms with van der Waals surface area (Å²) in [5.74, 6) is 0.749. The van der Waals surface area contributed by atoms with Crippen LogP contribution in [-0.2, 0) is 6.42 Å². The summed E-state index contributed by atoms with van der Waals surface area (Å²) in [5, 5.41) is 5.76. The molecule has 0 spiro atoms. The second kappa shape index (κ2) is 6.47. The average molecular weight is 321 g/mol. The van der Waals surface area contributed by atoms with Gasteiger partial charge in [0, 0.05) is 22.1 Å². The Morgan fingerprint density at radius 3 is 2.62 bits per heavy atom. The predicted octanol–water partition coefficient (Wildman–Crippen LogP) is 5.16. The number of hydrogen-bond acceptors (Lipinski definition) is 3. The highest BCUT2D eigenvalue weighted by atomic mass is 35.5. The van der Waals surface area contributed by atoms with Crippen molar-refractivity contribution in [1.29, 1.82) is 0 Å². The van der Waals surface area contributed by atoms with Gasteiger partial charge >= 0.3 is 0 Å². The molecule has 21 heavy (non-hydrogen) atoms. The van der Waals surface area contributed by atoms with Crippen molar-refractivity contribution in [2.45, 2.75) is 45.2 Å². The molecule has 2 aromatic rings. The topological polar surface area (TPSA) is 24.9 Å². The van der Waals surface area contributed by atoms with Crippen LogP contribution in [0.1, 0.15) is 54.2 Å². The third kappa shape index (κ3) is 3.65. The number of thiazole rings is 1. The van der Waals surface area contributed by atoms with E-state index in [0.29, 0.717) is 6.04 Å². The summed E-state index contributed by atoms with van der Waals surface area (Å²) >= 11 is 7.82. The fraction of sp³-hybridized carbons (Fsp3) is 0.471. The summed E-state index contributed by atoms with van der Waals surface area (Å²) in [6.07, 6.45) is 5.69. The first-order chi connectivity index (χ1) is 10.2. The van der Waals surface area contributed by atoms with Gasteiger partial charge in [-0.05, 0) is 49.8 Å². The van der Waals surface area contributed by atoms with Crippen LogP contribution in [0.3, 0.4) is 0 Å². The van der Waals surface area contributed by atoms with Crippen LogP contribution in [0.2, 0.25) is 5.02 Å². The van der Waals surface area contributed by atoms with E-state index in [4.69, 9.17) is 11.6 Å². The summed E-state index contributed by atoms with van der Waals surface area (Å²) in [5.41, 5.74) is 1.33. The van der Waals surface area contributed by atoms with Gasteiger partial charge < -0.3 is 5.32 Å². The average Bonchev–Trinajstić information content (AvgIpc) is 3.22. The minimum atomic E-state index is 0.288. The number of rotatable bonds is 6. The number of benzene rings is 1. The van der Waals surface area contributed by atoms with Crippen LogP contribution in [0.25, 0.3) is 0 Å². The van der Waals surface area contributed by atoms with E-state index in [1.807, 2.05) is 29.7 Å². The summed E-state index contributed by atoms with van der Waals surface area (Å²) in [6, 6.07) is 8.95. The Labute approximate surface area is 135 Å². The molecule has 1 aromatic heterocycles. The maximum Gasteiger partial charge on any atom is 0.109 e. The van der Waals surface area contributed by atoms with Crippen molar-refractivity contribution in [3.63, 3.8) is 0 Å². The van der Waals surface area contributed by atoms with Crippen molar-refractivity contribution < 1.29 is 0 Å². The van der Waals surface area contributed by atoms with Gasteiger partial charge in [-0.2, -0.15) is 0 Å². The fourth-order valence-electron chi connectivity index (χ4n) is 2.63. The van der Waals surface area contributed by atoms with Crippen molar-refractivity contribution in [2.75, 3.05) is 0 Å². The van der Waals surface area contributed by atoms with E-state index in [1.54, 1.807) is 0 Å². The van der Waals surface area contributed by atoms with Gasteiger partial charge in [0.05, 0.1) is 6.04 Å². The SMILES string of the molecule is CCc1cnc(C(C)NC(c2ccc(Cl)cc2)C2CC2)s1. The molecule has 1 aromatic carbocycles. The molecule has 1 N–H and O–H groups in total. The fourth-order valence-corrected chi connectivity index (χ4v) is 3.63. The van der Waals surface area contributed by atoms with E-state index in [2.05, 4.69) is 36.3 Å². The molecule has 1 aliphatic rings. The van der Waals surface area contributed by atoms with E-state index < -0.39 is 0 Å². The second-order valence-electron chi connectivity index (χ2n) is 5.77. The first kappa shape index (κ1) is 15.0. The Morgan fingerprint density at radius 1 is 1.33 bits per heavy atom. The van der Waals surface area contributed by atoms with Crippen LogP contribution in [-0.4, -0.2) is 4.98 Å². The van der Waals surface area contributed by atoms with Gasteiger partial charge in [0.25, 0.3) is 0 Å². The Kier molecular flexibility index (Phi) is 4.63. The quantitative estimate of drug-likeness (QED) is 0.795. The third-order valence-electron chi connectivity index (χ3n) is 4.04. The number of halogens is 1. The van der Waals surface area contributed by atoms with E-state index in [9.17, 15) is 0 Å². The highest BCUT2D eigenvalue weighted by Gasteiger charge is 2.33. The smallest absolute Gasteiger partial charge is 0.109 e. The highest BCUT2D eigenvalue weighted by Crippen LogP contribution is 2.42. The molecule has 1 fully saturated rings. The molecule has 0 bridgehead atoms. The molecular weight excluding hydrogens is 300 g/mol. The van der Waals surface area contributed by atoms with Crippen molar-refractivity contribution in [3.8, 4) is 0 Å². The van der Waals surface area contributed by atoms with Crippen molar-refractivity contribution in [3.05, 3.63) is 50.9 Å². The lowest BCUT2D eigenvalue weighted by atomic mass is 10.0. The zero-order chi connectivity index (χ0) is 14.8. The number of hydrogen-bond donors (Lipinski definition) is 1. The molecule has 2 unspecified atom stereocenters. The zero-order valence-electron chi connectivity index (χ0n) is 12.5. The molecule has 0 radical (unpaired) electrons. The van der Waals surface area contributed by atoms with Crippen molar-refractivity contribution in [2.24, 2.45) is 5.92 Å². The maximum atomic E-state index is 6.00. The molecule has 2 atom stereocenters. The number of nitrogens with zero attached hydrogens (tertiary/aromatic N) is 1. The summed E-state index contributed by atoms with van der Waals surface area (Å²) in [6.45, 7) is 4.39. The van der Waals surface area contributed by atoms with Gasteiger partial charge in [-0.25, -0.2) is 4.98 Å². The Balaban J connectivity index is 1.74. The molecule has 1 heterocycles. The van der Waals surface area contributed by atoms with Crippen LogP contribution >= 0.6 is 22.9 Å². The lowest BCUT2D eigenvalue weighted by Crippen LogP contribution is -2.26. The largest absolute Gasteiger partial charge is 0.301 e. The highest BCUT2D eigenvalue weighted by molar-refractivity contribution is 7.11. The first-order valence-corrected chi connectivity index (χ1v) is 8.83. The Bertz CT molecular complexity index is 589. The monoisotopic (exact) mass is 320 g/mol. The lowest BCUT2D eigenvalue weighted by Gasteiger charge is -2.22. The van der Waals surface area contributed by atoms with Crippen molar-refractivity contribution >= 4 is 22.9 Å².